The molecule has 0 aliphatic rings. The van der Waals surface area contributed by atoms with Crippen molar-refractivity contribution in [2.24, 2.45) is 0 Å². The Hall–Kier alpha value is -2.11. The molecule has 1 heterocycles. The summed E-state index contributed by atoms with van der Waals surface area (Å²) in [6.45, 7) is 2.19. The Balaban J connectivity index is 1.56. The SMILES string of the molecule is Cc1cnc(SCC(O)COc2cccc3ccccc23)nc1. The van der Waals surface area contributed by atoms with Gasteiger partial charge in [-0.15, -0.1) is 0 Å². The van der Waals surface area contributed by atoms with Crippen molar-refractivity contribution in [3.63, 3.8) is 0 Å². The lowest BCUT2D eigenvalue weighted by Gasteiger charge is -2.13. The molecule has 3 aromatic rings. The molecule has 0 spiro atoms. The first-order valence-electron chi connectivity index (χ1n) is 7.42. The molecule has 1 unspecified atom stereocenters. The van der Waals surface area contributed by atoms with Gasteiger partial charge < -0.3 is 9.84 Å². The summed E-state index contributed by atoms with van der Waals surface area (Å²) in [6, 6.07) is 14.0. The van der Waals surface area contributed by atoms with Crippen LogP contribution in [0.4, 0.5) is 0 Å². The van der Waals surface area contributed by atoms with E-state index < -0.39 is 6.10 Å². The third kappa shape index (κ3) is 4.21. The molecule has 0 radical (unpaired) electrons. The van der Waals surface area contributed by atoms with Crippen LogP contribution in [0.25, 0.3) is 10.8 Å². The molecule has 118 valence electrons. The standard InChI is InChI=1S/C18H18N2O2S/c1-13-9-19-18(20-10-13)23-12-15(21)11-22-17-8-4-6-14-5-2-3-7-16(14)17/h2-10,15,21H,11-12H2,1H3. The third-order valence-corrected chi connectivity index (χ3v) is 4.36. The highest BCUT2D eigenvalue weighted by atomic mass is 32.2. The van der Waals surface area contributed by atoms with Gasteiger partial charge in [-0.3, -0.25) is 0 Å². The highest BCUT2D eigenvalue weighted by molar-refractivity contribution is 7.99. The molecular formula is C18H18N2O2S. The molecule has 23 heavy (non-hydrogen) atoms. The van der Waals surface area contributed by atoms with Gasteiger partial charge in [-0.05, 0) is 23.9 Å². The van der Waals surface area contributed by atoms with E-state index >= 15 is 0 Å². The van der Waals surface area contributed by atoms with Gasteiger partial charge in [0.15, 0.2) is 5.16 Å². The average Bonchev–Trinajstić information content (AvgIpc) is 2.59. The van der Waals surface area contributed by atoms with Crippen LogP contribution in [0.3, 0.4) is 0 Å². The van der Waals surface area contributed by atoms with Crippen LogP contribution in [0.15, 0.2) is 60.0 Å². The van der Waals surface area contributed by atoms with Crippen LogP contribution < -0.4 is 4.74 Å². The maximum absolute atomic E-state index is 10.1. The van der Waals surface area contributed by atoms with E-state index in [4.69, 9.17) is 4.74 Å². The van der Waals surface area contributed by atoms with Crippen molar-refractivity contribution in [2.75, 3.05) is 12.4 Å². The van der Waals surface area contributed by atoms with Crippen molar-refractivity contribution in [1.82, 2.24) is 9.97 Å². The largest absolute Gasteiger partial charge is 0.490 e. The predicted molar refractivity (Wildman–Crippen MR) is 92.9 cm³/mol. The van der Waals surface area contributed by atoms with Gasteiger partial charge in [-0.2, -0.15) is 0 Å². The van der Waals surface area contributed by atoms with E-state index in [2.05, 4.69) is 9.97 Å². The molecule has 3 rings (SSSR count). The van der Waals surface area contributed by atoms with Gasteiger partial charge in [0.1, 0.15) is 12.4 Å². The molecule has 0 aliphatic carbocycles. The summed E-state index contributed by atoms with van der Waals surface area (Å²) in [7, 11) is 0. The highest BCUT2D eigenvalue weighted by Gasteiger charge is 2.09. The van der Waals surface area contributed by atoms with Crippen LogP contribution in [0.2, 0.25) is 0 Å². The van der Waals surface area contributed by atoms with Gasteiger partial charge in [-0.25, -0.2) is 9.97 Å². The molecule has 1 atom stereocenters. The number of hydrogen-bond acceptors (Lipinski definition) is 5. The number of aliphatic hydroxyl groups excluding tert-OH is 1. The van der Waals surface area contributed by atoms with Crippen LogP contribution >= 0.6 is 11.8 Å². The first-order valence-corrected chi connectivity index (χ1v) is 8.41. The van der Waals surface area contributed by atoms with Gasteiger partial charge >= 0.3 is 0 Å². The van der Waals surface area contributed by atoms with Gasteiger partial charge in [0.2, 0.25) is 0 Å². The Morgan fingerprint density at radius 2 is 1.83 bits per heavy atom. The summed E-state index contributed by atoms with van der Waals surface area (Å²) in [6.07, 6.45) is 2.96. The molecule has 0 saturated carbocycles. The van der Waals surface area contributed by atoms with E-state index in [-0.39, 0.29) is 6.61 Å². The van der Waals surface area contributed by atoms with Crippen LogP contribution in [-0.2, 0) is 0 Å². The normalized spacial score (nSPS) is 12.3. The van der Waals surface area contributed by atoms with Crippen LogP contribution in [0.1, 0.15) is 5.56 Å². The zero-order valence-electron chi connectivity index (χ0n) is 12.8. The van der Waals surface area contributed by atoms with Crippen LogP contribution in [0, 0.1) is 6.92 Å². The average molecular weight is 326 g/mol. The second-order valence-electron chi connectivity index (χ2n) is 5.30. The van der Waals surface area contributed by atoms with Crippen molar-refractivity contribution in [1.29, 1.82) is 0 Å². The monoisotopic (exact) mass is 326 g/mol. The fourth-order valence-electron chi connectivity index (χ4n) is 2.18. The molecular weight excluding hydrogens is 308 g/mol. The Morgan fingerprint density at radius 3 is 2.65 bits per heavy atom. The number of aliphatic hydroxyl groups is 1. The van der Waals surface area contributed by atoms with Crippen molar-refractivity contribution >= 4 is 22.5 Å². The van der Waals surface area contributed by atoms with E-state index in [1.54, 1.807) is 12.4 Å². The molecule has 0 saturated heterocycles. The lowest BCUT2D eigenvalue weighted by Crippen LogP contribution is -2.20. The zero-order chi connectivity index (χ0) is 16.1. The minimum absolute atomic E-state index is 0.243. The fraction of sp³-hybridized carbons (Fsp3) is 0.222. The summed E-state index contributed by atoms with van der Waals surface area (Å²) >= 11 is 1.42. The number of ether oxygens (including phenoxy) is 1. The van der Waals surface area contributed by atoms with Crippen molar-refractivity contribution in [3.05, 3.63) is 60.4 Å². The molecule has 0 aliphatic heterocycles. The highest BCUT2D eigenvalue weighted by Crippen LogP contribution is 2.25. The Bertz CT molecular complexity index is 772. The van der Waals surface area contributed by atoms with Gasteiger partial charge in [0.05, 0.1) is 6.10 Å². The maximum atomic E-state index is 10.1. The Kier molecular flexibility index (Phi) is 5.10. The first kappa shape index (κ1) is 15.8. The van der Waals surface area contributed by atoms with E-state index in [0.29, 0.717) is 10.9 Å². The number of rotatable bonds is 6. The Morgan fingerprint density at radius 1 is 1.09 bits per heavy atom. The number of aryl methyl sites for hydroxylation is 1. The number of benzene rings is 2. The van der Waals surface area contributed by atoms with Crippen LogP contribution in [0.5, 0.6) is 5.75 Å². The van der Waals surface area contributed by atoms with E-state index in [9.17, 15) is 5.11 Å². The number of hydrogen-bond donors (Lipinski definition) is 1. The first-order chi connectivity index (χ1) is 11.2. The second kappa shape index (κ2) is 7.44. The summed E-state index contributed by atoms with van der Waals surface area (Å²) in [5.41, 5.74) is 1.02. The minimum atomic E-state index is -0.580. The van der Waals surface area contributed by atoms with E-state index in [1.807, 2.05) is 49.4 Å². The molecule has 0 amide bonds. The molecule has 4 nitrogen and oxygen atoms in total. The number of nitrogens with zero attached hydrogens (tertiary/aromatic N) is 2. The predicted octanol–water partition coefficient (Wildman–Crippen LogP) is 3.47. The van der Waals surface area contributed by atoms with Gasteiger partial charge in [-0.1, -0.05) is 48.2 Å². The number of thioether (sulfide) groups is 1. The zero-order valence-corrected chi connectivity index (χ0v) is 13.7. The summed E-state index contributed by atoms with van der Waals surface area (Å²) in [5.74, 6) is 1.28. The van der Waals surface area contributed by atoms with Crippen molar-refractivity contribution in [2.45, 2.75) is 18.2 Å². The quantitative estimate of drug-likeness (QED) is 0.555. The summed E-state index contributed by atoms with van der Waals surface area (Å²) in [5, 5.41) is 12.9. The minimum Gasteiger partial charge on any atom is -0.490 e. The van der Waals surface area contributed by atoms with E-state index in [0.717, 1.165) is 22.1 Å². The number of fused-ring (bicyclic) bond motifs is 1. The molecule has 5 heteroatoms. The van der Waals surface area contributed by atoms with Crippen molar-refractivity contribution in [3.8, 4) is 5.75 Å². The smallest absolute Gasteiger partial charge is 0.187 e. The lowest BCUT2D eigenvalue weighted by atomic mass is 10.1. The molecule has 0 bridgehead atoms. The van der Waals surface area contributed by atoms with Crippen LogP contribution in [-0.4, -0.2) is 33.5 Å². The van der Waals surface area contributed by atoms with Gasteiger partial charge in [0.25, 0.3) is 0 Å². The fourth-order valence-corrected chi connectivity index (χ4v) is 2.87. The molecule has 0 fully saturated rings. The molecule has 2 aromatic carbocycles. The van der Waals surface area contributed by atoms with Crippen molar-refractivity contribution < 1.29 is 9.84 Å². The van der Waals surface area contributed by atoms with Gasteiger partial charge in [0, 0.05) is 23.5 Å². The molecule has 1 aromatic heterocycles. The topological polar surface area (TPSA) is 55.2 Å². The summed E-state index contributed by atoms with van der Waals surface area (Å²) in [4.78, 5) is 8.42. The summed E-state index contributed by atoms with van der Waals surface area (Å²) < 4.78 is 5.78. The lowest BCUT2D eigenvalue weighted by molar-refractivity contribution is 0.127. The maximum Gasteiger partial charge on any atom is 0.187 e. The molecule has 1 N–H and O–H groups in total. The second-order valence-corrected chi connectivity index (χ2v) is 6.28. The number of aromatic nitrogens is 2. The van der Waals surface area contributed by atoms with E-state index in [1.165, 1.54) is 11.8 Å². The third-order valence-electron chi connectivity index (χ3n) is 3.34. The Labute approximate surface area is 139 Å².